The number of hydrogen-bond acceptors (Lipinski definition) is 2. The van der Waals surface area contributed by atoms with Crippen molar-refractivity contribution in [3.8, 4) is 0 Å². The van der Waals surface area contributed by atoms with Crippen LogP contribution in [0.3, 0.4) is 0 Å². The van der Waals surface area contributed by atoms with E-state index in [9.17, 15) is 0 Å². The summed E-state index contributed by atoms with van der Waals surface area (Å²) >= 11 is -2.67. The Morgan fingerprint density at radius 1 is 1.06 bits per heavy atom. The Morgan fingerprint density at radius 3 is 1.81 bits per heavy atom. The Hall–Kier alpha value is 0.463. The van der Waals surface area contributed by atoms with Gasteiger partial charge in [-0.15, -0.1) is 0 Å². The average Bonchev–Trinajstić information content (AvgIpc) is 2.09. The monoisotopic (exact) mass is 292 g/mol. The topological polar surface area (TPSA) is 18.5 Å². The van der Waals surface area contributed by atoms with Gasteiger partial charge in [0.15, 0.2) is 0 Å². The van der Waals surface area contributed by atoms with Crippen LogP contribution in [-0.4, -0.2) is 27.2 Å². The third-order valence-corrected chi connectivity index (χ3v) is 12.9. The van der Waals surface area contributed by atoms with Gasteiger partial charge >= 0.3 is 105 Å². The normalized spacial score (nSPS) is 16.9. The molecule has 1 atom stereocenters. The van der Waals surface area contributed by atoms with E-state index in [1.165, 1.54) is 6.42 Å². The van der Waals surface area contributed by atoms with E-state index in [1.807, 2.05) is 7.11 Å². The zero-order chi connectivity index (χ0) is 13.0. The summed E-state index contributed by atoms with van der Waals surface area (Å²) in [4.78, 5) is 0. The van der Waals surface area contributed by atoms with Crippen LogP contribution in [-0.2, 0) is 7.53 Å². The van der Waals surface area contributed by atoms with Crippen molar-refractivity contribution in [3.63, 3.8) is 0 Å². The molecule has 0 aliphatic carbocycles. The van der Waals surface area contributed by atoms with Crippen molar-refractivity contribution in [2.24, 2.45) is 5.92 Å². The first-order valence-corrected chi connectivity index (χ1v) is 10.6. The molecule has 16 heavy (non-hydrogen) atoms. The predicted octanol–water partition coefficient (Wildman–Crippen LogP) is 4.35. The van der Waals surface area contributed by atoms with E-state index in [0.717, 1.165) is 11.2 Å². The molecular formula is C13H30GeO2. The summed E-state index contributed by atoms with van der Waals surface area (Å²) in [6.45, 7) is 15.5. The van der Waals surface area contributed by atoms with Crippen molar-refractivity contribution in [3.05, 3.63) is 0 Å². The van der Waals surface area contributed by atoms with Crippen LogP contribution in [0.2, 0.25) is 9.50 Å². The second-order valence-corrected chi connectivity index (χ2v) is 15.0. The van der Waals surface area contributed by atoms with E-state index >= 15 is 0 Å². The molecule has 0 aliphatic rings. The van der Waals surface area contributed by atoms with Gasteiger partial charge in [-0.25, -0.2) is 0 Å². The first-order valence-electron chi connectivity index (χ1n) is 6.37. The van der Waals surface area contributed by atoms with Crippen LogP contribution in [0.15, 0.2) is 0 Å². The van der Waals surface area contributed by atoms with Crippen molar-refractivity contribution in [1.82, 2.24) is 0 Å². The van der Waals surface area contributed by atoms with Crippen LogP contribution in [0.25, 0.3) is 0 Å². The maximum atomic E-state index is 6.27. The van der Waals surface area contributed by atoms with Gasteiger partial charge < -0.3 is 0 Å². The number of rotatable bonds is 6. The van der Waals surface area contributed by atoms with Gasteiger partial charge in [0.2, 0.25) is 0 Å². The van der Waals surface area contributed by atoms with Crippen molar-refractivity contribution in [1.29, 1.82) is 0 Å². The summed E-state index contributed by atoms with van der Waals surface area (Å²) in [6.07, 6.45) is 1.48. The Morgan fingerprint density at radius 2 is 1.56 bits per heavy atom. The molecule has 0 amide bonds. The first-order chi connectivity index (χ1) is 7.14. The Kier molecular flexibility index (Phi) is 6.60. The molecule has 0 radical (unpaired) electrons. The number of hydrogen-bond donors (Lipinski definition) is 0. The van der Waals surface area contributed by atoms with Crippen LogP contribution in [0.1, 0.15) is 54.9 Å². The predicted molar refractivity (Wildman–Crippen MR) is 73.0 cm³/mol. The van der Waals surface area contributed by atoms with E-state index in [0.29, 0.717) is 0 Å². The van der Waals surface area contributed by atoms with E-state index < -0.39 is 13.9 Å². The van der Waals surface area contributed by atoms with Crippen molar-refractivity contribution < 1.29 is 7.53 Å². The second-order valence-electron chi connectivity index (χ2n) is 6.31. The van der Waals surface area contributed by atoms with Crippen molar-refractivity contribution >= 4 is 13.9 Å². The molecule has 0 spiro atoms. The fraction of sp³-hybridized carbons (Fsp3) is 1.00. The quantitative estimate of drug-likeness (QED) is 0.677. The molecule has 0 aromatic carbocycles. The van der Waals surface area contributed by atoms with Crippen molar-refractivity contribution in [2.45, 2.75) is 70.5 Å². The van der Waals surface area contributed by atoms with Gasteiger partial charge in [0.1, 0.15) is 0 Å². The van der Waals surface area contributed by atoms with Crippen LogP contribution in [0.5, 0.6) is 0 Å². The average molecular weight is 291 g/mol. The maximum absolute atomic E-state index is 6.27. The van der Waals surface area contributed by atoms with Gasteiger partial charge in [-0.05, 0) is 0 Å². The summed E-state index contributed by atoms with van der Waals surface area (Å²) < 4.78 is 12.4. The summed E-state index contributed by atoms with van der Waals surface area (Å²) in [7, 11) is 1.84. The van der Waals surface area contributed by atoms with E-state index in [1.54, 1.807) is 0 Å². The molecular weight excluding hydrogens is 261 g/mol. The fourth-order valence-electron chi connectivity index (χ4n) is 1.93. The van der Waals surface area contributed by atoms with Crippen LogP contribution < -0.4 is 0 Å². The summed E-state index contributed by atoms with van der Waals surface area (Å²) in [5.41, 5.74) is 0. The molecule has 0 fully saturated rings. The summed E-state index contributed by atoms with van der Waals surface area (Å²) in [5, 5.41) is 1.13. The van der Waals surface area contributed by atoms with Crippen LogP contribution in [0, 0.1) is 5.92 Å². The van der Waals surface area contributed by atoms with Gasteiger partial charge in [0.25, 0.3) is 0 Å². The Bertz CT molecular complexity index is 197. The molecule has 0 rings (SSSR count). The molecule has 0 saturated heterocycles. The van der Waals surface area contributed by atoms with Crippen LogP contribution in [0.4, 0.5) is 0 Å². The summed E-state index contributed by atoms with van der Waals surface area (Å²) in [5.74, 6) is 0.721. The second kappa shape index (κ2) is 6.41. The zero-order valence-corrected chi connectivity index (χ0v) is 14.5. The third kappa shape index (κ3) is 4.76. The summed E-state index contributed by atoms with van der Waals surface area (Å²) in [6, 6.07) is 0. The molecule has 0 saturated carbocycles. The molecule has 0 aromatic heterocycles. The molecule has 0 bridgehead atoms. The fourth-order valence-corrected chi connectivity index (χ4v) is 10.0. The minimum atomic E-state index is -2.67. The van der Waals surface area contributed by atoms with E-state index in [-0.39, 0.29) is 10.4 Å². The van der Waals surface area contributed by atoms with Gasteiger partial charge in [0.05, 0.1) is 0 Å². The van der Waals surface area contributed by atoms with Gasteiger partial charge in [0, 0.05) is 0 Å². The Balaban J connectivity index is 4.82. The molecule has 0 N–H and O–H groups in total. The first kappa shape index (κ1) is 16.5. The Labute approximate surface area is 105 Å². The van der Waals surface area contributed by atoms with Gasteiger partial charge in [-0.3, -0.25) is 0 Å². The van der Waals surface area contributed by atoms with E-state index in [4.69, 9.17) is 7.53 Å². The molecule has 0 aromatic rings. The van der Waals surface area contributed by atoms with Crippen LogP contribution >= 0.6 is 0 Å². The molecule has 0 heterocycles. The molecule has 3 heteroatoms. The molecule has 1 unspecified atom stereocenters. The van der Waals surface area contributed by atoms with Crippen molar-refractivity contribution in [2.75, 3.05) is 7.11 Å². The molecule has 2 nitrogen and oxygen atoms in total. The van der Waals surface area contributed by atoms with E-state index in [2.05, 4.69) is 48.5 Å². The molecule has 98 valence electrons. The minimum absolute atomic E-state index is 0.175. The van der Waals surface area contributed by atoms with Gasteiger partial charge in [-0.1, -0.05) is 0 Å². The van der Waals surface area contributed by atoms with Gasteiger partial charge in [-0.2, -0.15) is 0 Å². The standard InChI is InChI=1S/C13H30GeO2/c1-11(2)9-10-14(15-8,13(5,6)7)16-12(3)4/h11-12H,9-10H2,1-8H3. The SMILES string of the molecule is C[O][Ge]([CH2]CC(C)C)([O]C(C)C)[C](C)(C)C. The molecule has 0 aliphatic heterocycles. The third-order valence-electron chi connectivity index (χ3n) is 2.95. The zero-order valence-electron chi connectivity index (χ0n) is 12.4.